The van der Waals surface area contributed by atoms with Crippen molar-refractivity contribution in [1.29, 1.82) is 0 Å². The van der Waals surface area contributed by atoms with Gasteiger partial charge in [-0.3, -0.25) is 14.5 Å². The van der Waals surface area contributed by atoms with Gasteiger partial charge in [-0.15, -0.1) is 0 Å². The van der Waals surface area contributed by atoms with Gasteiger partial charge >= 0.3 is 0 Å². The summed E-state index contributed by atoms with van der Waals surface area (Å²) in [6.45, 7) is 1.98. The van der Waals surface area contributed by atoms with E-state index < -0.39 is 0 Å². The maximum atomic E-state index is 12.3. The second kappa shape index (κ2) is 6.37. The van der Waals surface area contributed by atoms with E-state index in [2.05, 4.69) is 41.9 Å². The van der Waals surface area contributed by atoms with Crippen LogP contribution < -0.4 is 0 Å². The highest BCUT2D eigenvalue weighted by molar-refractivity contribution is 9.11. The molecule has 0 N–H and O–H groups in total. The molecule has 0 unspecified atom stereocenters. The number of hydrogen-bond donors (Lipinski definition) is 0. The summed E-state index contributed by atoms with van der Waals surface area (Å²) >= 11 is 12.9. The van der Waals surface area contributed by atoms with E-state index in [9.17, 15) is 4.79 Å². The predicted octanol–water partition coefficient (Wildman–Crippen LogP) is 3.98. The molecule has 4 nitrogen and oxygen atoms in total. The lowest BCUT2D eigenvalue weighted by molar-refractivity contribution is 0.0985. The SMILES string of the molecule is CCc1nn(C)c(CC(=O)c2ncc(Br)cc2Br)c1Cl. The van der Waals surface area contributed by atoms with Gasteiger partial charge in [-0.1, -0.05) is 18.5 Å². The van der Waals surface area contributed by atoms with Crippen molar-refractivity contribution in [3.05, 3.63) is 43.3 Å². The van der Waals surface area contributed by atoms with Gasteiger partial charge in [0.25, 0.3) is 0 Å². The minimum absolute atomic E-state index is 0.100. The van der Waals surface area contributed by atoms with E-state index in [0.717, 1.165) is 16.6 Å². The lowest BCUT2D eigenvalue weighted by atomic mass is 10.1. The number of halogens is 3. The molecule has 0 aromatic carbocycles. The van der Waals surface area contributed by atoms with Crippen LogP contribution in [0.5, 0.6) is 0 Å². The normalized spacial score (nSPS) is 10.8. The summed E-state index contributed by atoms with van der Waals surface area (Å²) < 4.78 is 3.13. The number of ketones is 1. The second-order valence-corrected chi connectivity index (χ2v) is 6.42. The van der Waals surface area contributed by atoms with E-state index in [1.807, 2.05) is 6.92 Å². The van der Waals surface area contributed by atoms with Gasteiger partial charge in [-0.25, -0.2) is 0 Å². The molecule has 20 heavy (non-hydrogen) atoms. The monoisotopic (exact) mass is 419 g/mol. The van der Waals surface area contributed by atoms with Gasteiger partial charge in [0.15, 0.2) is 5.78 Å². The summed E-state index contributed by atoms with van der Waals surface area (Å²) in [5.74, 6) is -0.100. The molecule has 0 atom stereocenters. The highest BCUT2D eigenvalue weighted by atomic mass is 79.9. The lowest BCUT2D eigenvalue weighted by Crippen LogP contribution is -2.10. The van der Waals surface area contributed by atoms with Crippen LogP contribution in [0, 0.1) is 0 Å². The van der Waals surface area contributed by atoms with Crippen LogP contribution in [-0.4, -0.2) is 20.5 Å². The number of aromatic nitrogens is 3. The molecular formula is C13H12Br2ClN3O. The fourth-order valence-corrected chi connectivity index (χ4v) is 3.44. The largest absolute Gasteiger partial charge is 0.292 e. The van der Waals surface area contributed by atoms with E-state index in [1.165, 1.54) is 0 Å². The van der Waals surface area contributed by atoms with Crippen molar-refractivity contribution in [1.82, 2.24) is 14.8 Å². The van der Waals surface area contributed by atoms with Gasteiger partial charge in [0.1, 0.15) is 5.69 Å². The number of Topliss-reactive ketones (excluding diaryl/α,β-unsaturated/α-hetero) is 1. The third kappa shape index (κ3) is 3.13. The van der Waals surface area contributed by atoms with Crippen molar-refractivity contribution in [2.45, 2.75) is 19.8 Å². The number of pyridine rings is 1. The smallest absolute Gasteiger partial charge is 0.188 e. The molecule has 0 spiro atoms. The van der Waals surface area contributed by atoms with Crippen LogP contribution in [0.25, 0.3) is 0 Å². The van der Waals surface area contributed by atoms with Crippen molar-refractivity contribution >= 4 is 49.2 Å². The van der Waals surface area contributed by atoms with Crippen molar-refractivity contribution < 1.29 is 4.79 Å². The molecule has 0 aliphatic rings. The average Bonchev–Trinajstić information content (AvgIpc) is 2.66. The Morgan fingerprint density at radius 2 is 2.15 bits per heavy atom. The van der Waals surface area contributed by atoms with Gasteiger partial charge in [-0.2, -0.15) is 5.10 Å². The van der Waals surface area contributed by atoms with E-state index in [1.54, 1.807) is 24.0 Å². The molecule has 0 radical (unpaired) electrons. The highest BCUT2D eigenvalue weighted by Gasteiger charge is 2.19. The van der Waals surface area contributed by atoms with E-state index >= 15 is 0 Å². The molecule has 0 aliphatic heterocycles. The first-order valence-corrected chi connectivity index (χ1v) is 7.95. The first-order chi connectivity index (χ1) is 9.43. The zero-order chi connectivity index (χ0) is 14.9. The number of carbonyl (C=O) groups is 1. The van der Waals surface area contributed by atoms with Gasteiger partial charge in [0, 0.05) is 22.2 Å². The molecule has 0 amide bonds. The average molecular weight is 422 g/mol. The molecule has 2 aromatic rings. The maximum absolute atomic E-state index is 12.3. The third-order valence-corrected chi connectivity index (χ3v) is 4.38. The van der Waals surface area contributed by atoms with Crippen LogP contribution in [0.1, 0.15) is 28.8 Å². The minimum atomic E-state index is -0.100. The van der Waals surface area contributed by atoms with Crippen molar-refractivity contribution in [2.75, 3.05) is 0 Å². The zero-order valence-corrected chi connectivity index (χ0v) is 14.9. The number of rotatable bonds is 4. The van der Waals surface area contributed by atoms with E-state index in [4.69, 9.17) is 11.6 Å². The standard InChI is InChI=1S/C13H12Br2ClN3O/c1-3-9-12(16)10(19(2)18-9)5-11(20)13-8(15)4-7(14)6-17-13/h4,6H,3,5H2,1-2H3. The first kappa shape index (κ1) is 15.7. The Morgan fingerprint density at radius 1 is 1.45 bits per heavy atom. The van der Waals surface area contributed by atoms with Crippen LogP contribution in [0.3, 0.4) is 0 Å². The number of nitrogens with zero attached hydrogens (tertiary/aromatic N) is 3. The molecule has 7 heteroatoms. The van der Waals surface area contributed by atoms with Crippen LogP contribution in [-0.2, 0) is 19.9 Å². The topological polar surface area (TPSA) is 47.8 Å². The summed E-state index contributed by atoms with van der Waals surface area (Å²) in [6.07, 6.45) is 2.51. The van der Waals surface area contributed by atoms with Gasteiger partial charge in [0.2, 0.25) is 0 Å². The van der Waals surface area contributed by atoms with Crippen LogP contribution in [0.15, 0.2) is 21.2 Å². The second-order valence-electron chi connectivity index (χ2n) is 4.27. The van der Waals surface area contributed by atoms with E-state index in [-0.39, 0.29) is 12.2 Å². The maximum Gasteiger partial charge on any atom is 0.188 e. The van der Waals surface area contributed by atoms with Crippen LogP contribution in [0.2, 0.25) is 5.02 Å². The summed E-state index contributed by atoms with van der Waals surface area (Å²) in [5.41, 5.74) is 1.91. The molecule has 2 aromatic heterocycles. The van der Waals surface area contributed by atoms with Crippen LogP contribution >= 0.6 is 43.5 Å². The van der Waals surface area contributed by atoms with Gasteiger partial charge in [0.05, 0.1) is 22.8 Å². The summed E-state index contributed by atoms with van der Waals surface area (Å²) in [7, 11) is 1.79. The molecule has 0 saturated heterocycles. The molecule has 0 aliphatic carbocycles. The number of hydrogen-bond acceptors (Lipinski definition) is 3. The Balaban J connectivity index is 2.30. The van der Waals surface area contributed by atoms with Crippen molar-refractivity contribution in [3.8, 4) is 0 Å². The Morgan fingerprint density at radius 3 is 2.70 bits per heavy atom. The molecule has 2 rings (SSSR count). The van der Waals surface area contributed by atoms with Gasteiger partial charge < -0.3 is 0 Å². The fourth-order valence-electron chi connectivity index (χ4n) is 1.87. The summed E-state index contributed by atoms with van der Waals surface area (Å²) in [6, 6.07) is 1.79. The fraction of sp³-hybridized carbons (Fsp3) is 0.308. The molecule has 0 bridgehead atoms. The third-order valence-electron chi connectivity index (χ3n) is 2.90. The van der Waals surface area contributed by atoms with Crippen molar-refractivity contribution in [3.63, 3.8) is 0 Å². The Hall–Kier alpha value is -0.720. The van der Waals surface area contributed by atoms with E-state index in [0.29, 0.717) is 20.9 Å². The molecule has 0 saturated carbocycles. The summed E-state index contributed by atoms with van der Waals surface area (Å²) in [5, 5.41) is 4.87. The Kier molecular flexibility index (Phi) is 4.99. The number of carbonyl (C=O) groups excluding carboxylic acids is 1. The molecule has 2 heterocycles. The van der Waals surface area contributed by atoms with Crippen molar-refractivity contribution in [2.24, 2.45) is 7.05 Å². The summed E-state index contributed by atoms with van der Waals surface area (Å²) in [4.78, 5) is 16.5. The first-order valence-electron chi connectivity index (χ1n) is 5.98. The lowest BCUT2D eigenvalue weighted by Gasteiger charge is -2.04. The minimum Gasteiger partial charge on any atom is -0.292 e. The predicted molar refractivity (Wildman–Crippen MR) is 85.3 cm³/mol. The molecule has 0 fully saturated rings. The Bertz CT molecular complexity index is 670. The van der Waals surface area contributed by atoms with Gasteiger partial charge in [-0.05, 0) is 44.3 Å². The quantitative estimate of drug-likeness (QED) is 0.702. The zero-order valence-electron chi connectivity index (χ0n) is 11.0. The van der Waals surface area contributed by atoms with Crippen LogP contribution in [0.4, 0.5) is 0 Å². The number of aryl methyl sites for hydroxylation is 2. The Labute approximate surface area is 138 Å². The molecular weight excluding hydrogens is 409 g/mol. The molecule has 106 valence electrons. The highest BCUT2D eigenvalue weighted by Crippen LogP contribution is 2.24.